The van der Waals surface area contributed by atoms with Gasteiger partial charge < -0.3 is 19.6 Å². The topological polar surface area (TPSA) is 65.9 Å². The minimum absolute atomic E-state index is 0.0954. The molecule has 37 heavy (non-hydrogen) atoms. The van der Waals surface area contributed by atoms with Crippen molar-refractivity contribution in [2.45, 2.75) is 65.0 Å². The quantitative estimate of drug-likeness (QED) is 0.405. The van der Waals surface area contributed by atoms with Crippen LogP contribution in [0.25, 0.3) is 21.3 Å². The molecule has 1 amide bonds. The lowest BCUT2D eigenvalue weighted by atomic mass is 9.94. The molecule has 3 aromatic rings. The maximum atomic E-state index is 14.0. The standard InChI is InChI=1S/C27H32F3N3O3S/c1-6-16-11-17(27(28,29)30)12-21(20-7-9-31-22-13-19(15-34)37-24(20)22)23(16)32(5)18-8-10-33(14-18)25(35)36-26(2,3)4/h7,9,11-13,18,34H,6,8,10,14-15H2,1-5H3. The molecule has 0 bridgehead atoms. The number of likely N-dealkylation sites (N-methyl/N-ethyl adjacent to an activating group) is 1. The van der Waals surface area contributed by atoms with Crippen LogP contribution in [0.3, 0.4) is 0 Å². The first kappa shape index (κ1) is 27.2. The van der Waals surface area contributed by atoms with Gasteiger partial charge in [-0.3, -0.25) is 4.98 Å². The molecule has 0 radical (unpaired) electrons. The number of aryl methyl sites for hydroxylation is 1. The lowest BCUT2D eigenvalue weighted by Gasteiger charge is -2.32. The van der Waals surface area contributed by atoms with Crippen molar-refractivity contribution < 1.29 is 27.8 Å². The van der Waals surface area contributed by atoms with Gasteiger partial charge in [-0.1, -0.05) is 6.92 Å². The number of aromatic nitrogens is 1. The van der Waals surface area contributed by atoms with Gasteiger partial charge in [0.05, 0.1) is 22.4 Å². The second kappa shape index (κ2) is 10.1. The van der Waals surface area contributed by atoms with Crippen molar-refractivity contribution in [1.82, 2.24) is 9.88 Å². The van der Waals surface area contributed by atoms with E-state index in [1.165, 1.54) is 23.5 Å². The fourth-order valence-corrected chi connectivity index (χ4v) is 5.76. The predicted molar refractivity (Wildman–Crippen MR) is 140 cm³/mol. The van der Waals surface area contributed by atoms with E-state index in [4.69, 9.17) is 4.74 Å². The Morgan fingerprint density at radius 2 is 1.97 bits per heavy atom. The summed E-state index contributed by atoms with van der Waals surface area (Å²) in [7, 11) is 1.88. The van der Waals surface area contributed by atoms with E-state index in [9.17, 15) is 23.1 Å². The van der Waals surface area contributed by atoms with Crippen LogP contribution < -0.4 is 4.90 Å². The first-order valence-corrected chi connectivity index (χ1v) is 13.1. The first-order valence-electron chi connectivity index (χ1n) is 12.3. The highest BCUT2D eigenvalue weighted by molar-refractivity contribution is 7.19. The van der Waals surface area contributed by atoms with Crippen molar-refractivity contribution in [2.75, 3.05) is 25.0 Å². The highest BCUT2D eigenvalue weighted by Gasteiger charge is 2.36. The molecule has 10 heteroatoms. The van der Waals surface area contributed by atoms with Gasteiger partial charge in [-0.05, 0) is 63.4 Å². The summed E-state index contributed by atoms with van der Waals surface area (Å²) in [4.78, 5) is 21.4. The van der Waals surface area contributed by atoms with E-state index in [0.29, 0.717) is 58.7 Å². The predicted octanol–water partition coefficient (Wildman–Crippen LogP) is 6.48. The number of benzene rings is 1. The minimum Gasteiger partial charge on any atom is -0.444 e. The van der Waals surface area contributed by atoms with Gasteiger partial charge in [0.1, 0.15) is 5.60 Å². The van der Waals surface area contributed by atoms with Gasteiger partial charge in [-0.25, -0.2) is 4.79 Å². The average Bonchev–Trinajstić information content (AvgIpc) is 3.48. The van der Waals surface area contributed by atoms with Crippen LogP contribution in [0.5, 0.6) is 0 Å². The van der Waals surface area contributed by atoms with Crippen molar-refractivity contribution in [3.8, 4) is 11.1 Å². The van der Waals surface area contributed by atoms with Gasteiger partial charge in [0, 0.05) is 54.1 Å². The highest BCUT2D eigenvalue weighted by Crippen LogP contribution is 2.44. The number of anilines is 1. The molecule has 1 aromatic carbocycles. The Balaban J connectivity index is 1.81. The number of thiophene rings is 1. The Bertz CT molecular complexity index is 1300. The molecule has 1 atom stereocenters. The number of amides is 1. The Morgan fingerprint density at radius 3 is 2.59 bits per heavy atom. The average molecular weight is 536 g/mol. The molecule has 1 aliphatic heterocycles. The molecule has 0 spiro atoms. The number of fused-ring (bicyclic) bond motifs is 1. The molecule has 1 N–H and O–H groups in total. The molecule has 3 heterocycles. The lowest BCUT2D eigenvalue weighted by molar-refractivity contribution is -0.137. The Kier molecular flexibility index (Phi) is 7.45. The second-order valence-corrected chi connectivity index (χ2v) is 11.4. The van der Waals surface area contributed by atoms with Crippen molar-refractivity contribution >= 4 is 33.3 Å². The van der Waals surface area contributed by atoms with Crippen molar-refractivity contribution in [1.29, 1.82) is 0 Å². The second-order valence-electron chi connectivity index (χ2n) is 10.3. The monoisotopic (exact) mass is 535 g/mol. The number of aliphatic hydroxyl groups is 1. The van der Waals surface area contributed by atoms with Gasteiger partial charge in [0.2, 0.25) is 0 Å². The van der Waals surface area contributed by atoms with Gasteiger partial charge in [-0.2, -0.15) is 13.2 Å². The molecule has 2 aromatic heterocycles. The third kappa shape index (κ3) is 5.70. The van der Waals surface area contributed by atoms with Crippen LogP contribution in [0.2, 0.25) is 0 Å². The molecule has 1 aliphatic rings. The van der Waals surface area contributed by atoms with Crippen LogP contribution in [0.4, 0.5) is 23.7 Å². The first-order chi connectivity index (χ1) is 17.3. The number of carbonyl (C=O) groups is 1. The summed E-state index contributed by atoms with van der Waals surface area (Å²) in [5.74, 6) is 0. The number of ether oxygens (including phenoxy) is 1. The number of hydrogen-bond donors (Lipinski definition) is 1. The Morgan fingerprint density at radius 1 is 1.24 bits per heavy atom. The lowest BCUT2D eigenvalue weighted by Crippen LogP contribution is -2.39. The molecule has 200 valence electrons. The van der Waals surface area contributed by atoms with Crippen LogP contribution >= 0.6 is 11.3 Å². The smallest absolute Gasteiger partial charge is 0.416 e. The van der Waals surface area contributed by atoms with Crippen LogP contribution in [0.15, 0.2) is 30.5 Å². The fourth-order valence-electron chi connectivity index (χ4n) is 4.76. The number of rotatable bonds is 5. The number of nitrogens with zero attached hydrogens (tertiary/aromatic N) is 3. The van der Waals surface area contributed by atoms with Crippen molar-refractivity contribution in [3.05, 3.63) is 46.5 Å². The largest absolute Gasteiger partial charge is 0.444 e. The highest BCUT2D eigenvalue weighted by atomic mass is 32.1. The molecular formula is C27H32F3N3O3S. The van der Waals surface area contributed by atoms with E-state index >= 15 is 0 Å². The normalized spacial score (nSPS) is 16.5. The summed E-state index contributed by atoms with van der Waals surface area (Å²) in [5.41, 5.74) is 1.69. The number of hydrogen-bond acceptors (Lipinski definition) is 6. The number of halogens is 3. The summed E-state index contributed by atoms with van der Waals surface area (Å²) in [6.45, 7) is 8.03. The number of carbonyl (C=O) groups excluding carboxylic acids is 1. The molecular weight excluding hydrogens is 503 g/mol. The molecule has 0 aliphatic carbocycles. The molecule has 1 saturated heterocycles. The SMILES string of the molecule is CCc1cc(C(F)(F)F)cc(-c2ccnc3cc(CO)sc23)c1N(C)C1CCN(C(=O)OC(C)(C)C)C1. The van der Waals surface area contributed by atoms with E-state index in [2.05, 4.69) is 4.98 Å². The van der Waals surface area contributed by atoms with Crippen LogP contribution in [-0.2, 0) is 23.9 Å². The van der Waals surface area contributed by atoms with Crippen molar-refractivity contribution in [2.24, 2.45) is 0 Å². The number of pyridine rings is 1. The maximum Gasteiger partial charge on any atom is 0.416 e. The van der Waals surface area contributed by atoms with Crippen LogP contribution in [-0.4, -0.2) is 52.9 Å². The maximum absolute atomic E-state index is 14.0. The fraction of sp³-hybridized carbons (Fsp3) is 0.481. The third-order valence-corrected chi connectivity index (χ3v) is 7.66. The van der Waals surface area contributed by atoms with E-state index in [-0.39, 0.29) is 12.6 Å². The van der Waals surface area contributed by atoms with Crippen LogP contribution in [0.1, 0.15) is 50.1 Å². The molecule has 1 unspecified atom stereocenters. The molecule has 0 saturated carbocycles. The summed E-state index contributed by atoms with van der Waals surface area (Å²) >= 11 is 1.33. The number of aliphatic hydroxyl groups excluding tert-OH is 1. The zero-order chi connectivity index (χ0) is 27.1. The summed E-state index contributed by atoms with van der Waals surface area (Å²) in [5, 5.41) is 9.64. The van der Waals surface area contributed by atoms with Gasteiger partial charge in [-0.15, -0.1) is 11.3 Å². The van der Waals surface area contributed by atoms with E-state index < -0.39 is 23.4 Å². The minimum atomic E-state index is -4.51. The third-order valence-electron chi connectivity index (χ3n) is 6.52. The van der Waals surface area contributed by atoms with E-state index in [1.807, 2.05) is 39.6 Å². The van der Waals surface area contributed by atoms with Gasteiger partial charge in [0.25, 0.3) is 0 Å². The van der Waals surface area contributed by atoms with Gasteiger partial charge in [0.15, 0.2) is 0 Å². The molecule has 6 nitrogen and oxygen atoms in total. The van der Waals surface area contributed by atoms with E-state index in [0.717, 1.165) is 4.70 Å². The number of alkyl halides is 3. The number of likely N-dealkylation sites (tertiary alicyclic amines) is 1. The summed E-state index contributed by atoms with van der Waals surface area (Å²) in [6, 6.07) is 5.83. The zero-order valence-corrected chi connectivity index (χ0v) is 22.5. The van der Waals surface area contributed by atoms with Gasteiger partial charge >= 0.3 is 12.3 Å². The Labute approximate surface area is 218 Å². The van der Waals surface area contributed by atoms with Crippen LogP contribution in [0, 0.1) is 0 Å². The summed E-state index contributed by atoms with van der Waals surface area (Å²) < 4.78 is 48.2. The van der Waals surface area contributed by atoms with E-state index in [1.54, 1.807) is 23.2 Å². The molecule has 1 fully saturated rings. The van der Waals surface area contributed by atoms with Crippen molar-refractivity contribution in [3.63, 3.8) is 0 Å². The Hall–Kier alpha value is -2.85. The summed E-state index contributed by atoms with van der Waals surface area (Å²) in [6.07, 6.45) is -2.24. The zero-order valence-electron chi connectivity index (χ0n) is 21.6. The molecule has 4 rings (SSSR count).